The summed E-state index contributed by atoms with van der Waals surface area (Å²) in [5.41, 5.74) is 4.25. The van der Waals surface area contributed by atoms with Crippen molar-refractivity contribution in [1.82, 2.24) is 9.38 Å². The number of imidazole rings is 1. The molecule has 0 saturated carbocycles. The molecule has 0 spiro atoms. The molecule has 130 valence electrons. The number of furan rings is 1. The second-order valence-electron chi connectivity index (χ2n) is 5.89. The monoisotopic (exact) mass is 347 g/mol. The van der Waals surface area contributed by atoms with Crippen LogP contribution >= 0.6 is 0 Å². The molecule has 0 radical (unpaired) electrons. The van der Waals surface area contributed by atoms with E-state index < -0.39 is 0 Å². The van der Waals surface area contributed by atoms with Crippen LogP contribution in [0.3, 0.4) is 0 Å². The lowest BCUT2D eigenvalue weighted by molar-refractivity contribution is 0.0996. The highest BCUT2D eigenvalue weighted by molar-refractivity contribution is 6.03. The molecule has 3 heterocycles. The van der Waals surface area contributed by atoms with Crippen LogP contribution in [0.25, 0.3) is 16.9 Å². The largest absolute Gasteiger partial charge is 0.495 e. The molecule has 0 bridgehead atoms. The van der Waals surface area contributed by atoms with Gasteiger partial charge in [-0.05, 0) is 48.9 Å². The van der Waals surface area contributed by atoms with Crippen LogP contribution in [-0.2, 0) is 0 Å². The Morgan fingerprint density at radius 3 is 2.85 bits per heavy atom. The number of methoxy groups -OCH3 is 1. The number of carbonyl (C=O) groups excluding carboxylic acids is 1. The average Bonchev–Trinajstić information content (AvgIpc) is 3.32. The average molecular weight is 347 g/mol. The Labute approximate surface area is 150 Å². The molecular formula is C20H17N3O3. The Morgan fingerprint density at radius 2 is 2.12 bits per heavy atom. The Bertz CT molecular complexity index is 1080. The normalized spacial score (nSPS) is 10.8. The quantitative estimate of drug-likeness (QED) is 0.602. The minimum atomic E-state index is -0.337. The molecule has 4 aromatic rings. The zero-order valence-corrected chi connectivity index (χ0v) is 14.4. The van der Waals surface area contributed by atoms with Crippen molar-refractivity contribution >= 4 is 17.2 Å². The predicted octanol–water partition coefficient (Wildman–Crippen LogP) is 4.16. The Morgan fingerprint density at radius 1 is 1.23 bits per heavy atom. The van der Waals surface area contributed by atoms with Crippen molar-refractivity contribution in [2.45, 2.75) is 6.92 Å². The van der Waals surface area contributed by atoms with Crippen LogP contribution in [0.4, 0.5) is 5.69 Å². The van der Waals surface area contributed by atoms with Crippen LogP contribution in [0.15, 0.2) is 65.5 Å². The highest BCUT2D eigenvalue weighted by atomic mass is 16.5. The lowest BCUT2D eigenvalue weighted by Crippen LogP contribution is -2.11. The van der Waals surface area contributed by atoms with Crippen LogP contribution in [-0.4, -0.2) is 22.4 Å². The number of carbonyl (C=O) groups is 1. The highest BCUT2D eigenvalue weighted by Crippen LogP contribution is 2.31. The van der Waals surface area contributed by atoms with Gasteiger partial charge in [-0.1, -0.05) is 6.07 Å². The van der Waals surface area contributed by atoms with Gasteiger partial charge in [-0.25, -0.2) is 4.98 Å². The topological polar surface area (TPSA) is 68.8 Å². The molecule has 26 heavy (non-hydrogen) atoms. The van der Waals surface area contributed by atoms with Crippen LogP contribution in [0, 0.1) is 6.92 Å². The molecule has 0 fully saturated rings. The summed E-state index contributed by atoms with van der Waals surface area (Å²) in [4.78, 5) is 17.0. The third-order valence-corrected chi connectivity index (χ3v) is 4.17. The van der Waals surface area contributed by atoms with Gasteiger partial charge in [0.1, 0.15) is 11.4 Å². The molecule has 0 aliphatic carbocycles. The number of benzene rings is 1. The molecule has 1 amide bonds. The maximum atomic E-state index is 12.3. The summed E-state index contributed by atoms with van der Waals surface area (Å²) < 4.78 is 12.5. The Balaban J connectivity index is 1.73. The number of ether oxygens (including phenoxy) is 1. The molecule has 0 aliphatic rings. The lowest BCUT2D eigenvalue weighted by atomic mass is 10.1. The summed E-state index contributed by atoms with van der Waals surface area (Å²) >= 11 is 0. The fraction of sp³-hybridized carbons (Fsp3) is 0.100. The van der Waals surface area contributed by atoms with Gasteiger partial charge in [0.15, 0.2) is 5.76 Å². The molecule has 6 heteroatoms. The first-order valence-corrected chi connectivity index (χ1v) is 8.13. The molecular weight excluding hydrogens is 330 g/mol. The van der Waals surface area contributed by atoms with Gasteiger partial charge >= 0.3 is 0 Å². The number of rotatable bonds is 4. The van der Waals surface area contributed by atoms with Crippen LogP contribution in [0.2, 0.25) is 0 Å². The minimum absolute atomic E-state index is 0.237. The first-order valence-electron chi connectivity index (χ1n) is 8.13. The highest BCUT2D eigenvalue weighted by Gasteiger charge is 2.14. The molecule has 1 N–H and O–H groups in total. The van der Waals surface area contributed by atoms with E-state index in [1.807, 2.05) is 54.0 Å². The van der Waals surface area contributed by atoms with E-state index in [1.54, 1.807) is 19.2 Å². The number of fused-ring (bicyclic) bond motifs is 1. The van der Waals surface area contributed by atoms with E-state index in [2.05, 4.69) is 5.32 Å². The van der Waals surface area contributed by atoms with Crippen molar-refractivity contribution < 1.29 is 13.9 Å². The number of pyridine rings is 1. The number of aromatic nitrogens is 2. The van der Waals surface area contributed by atoms with Crippen molar-refractivity contribution in [3.63, 3.8) is 0 Å². The standard InChI is InChI=1S/C20H17N3O3/c1-13-5-3-9-23-12-16(21-19(13)23)14-7-8-17(25-2)15(11-14)22-20(24)18-6-4-10-26-18/h3-12H,1-2H3,(H,22,24). The smallest absolute Gasteiger partial charge is 0.291 e. The summed E-state index contributed by atoms with van der Waals surface area (Å²) in [6, 6.07) is 12.9. The summed E-state index contributed by atoms with van der Waals surface area (Å²) in [6.45, 7) is 2.02. The van der Waals surface area contributed by atoms with E-state index in [4.69, 9.17) is 14.1 Å². The minimum Gasteiger partial charge on any atom is -0.495 e. The number of nitrogens with zero attached hydrogens (tertiary/aromatic N) is 2. The number of anilines is 1. The van der Waals surface area contributed by atoms with Gasteiger partial charge in [0.25, 0.3) is 5.91 Å². The second kappa shape index (κ2) is 6.40. The second-order valence-corrected chi connectivity index (χ2v) is 5.89. The van der Waals surface area contributed by atoms with Crippen molar-refractivity contribution in [3.8, 4) is 17.0 Å². The van der Waals surface area contributed by atoms with Gasteiger partial charge in [0.2, 0.25) is 0 Å². The van der Waals surface area contributed by atoms with Crippen LogP contribution in [0.5, 0.6) is 5.75 Å². The SMILES string of the molecule is COc1ccc(-c2cn3cccc(C)c3n2)cc1NC(=O)c1ccco1. The lowest BCUT2D eigenvalue weighted by Gasteiger charge is -2.10. The Kier molecular flexibility index (Phi) is 3.93. The maximum absolute atomic E-state index is 12.3. The van der Waals surface area contributed by atoms with Gasteiger partial charge in [-0.15, -0.1) is 0 Å². The number of hydrogen-bond donors (Lipinski definition) is 1. The summed E-state index contributed by atoms with van der Waals surface area (Å²) in [5, 5.41) is 2.83. The molecule has 0 unspecified atom stereocenters. The van der Waals surface area contributed by atoms with E-state index >= 15 is 0 Å². The first kappa shape index (κ1) is 16.0. The molecule has 0 saturated heterocycles. The molecule has 0 aliphatic heterocycles. The number of amides is 1. The van der Waals surface area contributed by atoms with Gasteiger partial charge in [0, 0.05) is 18.0 Å². The van der Waals surface area contributed by atoms with Crippen LogP contribution < -0.4 is 10.1 Å². The molecule has 3 aromatic heterocycles. The fourth-order valence-corrected chi connectivity index (χ4v) is 2.85. The molecule has 6 nitrogen and oxygen atoms in total. The third kappa shape index (κ3) is 2.82. The predicted molar refractivity (Wildman–Crippen MR) is 98.6 cm³/mol. The van der Waals surface area contributed by atoms with E-state index in [1.165, 1.54) is 6.26 Å². The molecule has 4 rings (SSSR count). The number of nitrogens with one attached hydrogen (secondary N) is 1. The van der Waals surface area contributed by atoms with Gasteiger partial charge < -0.3 is 18.9 Å². The fourth-order valence-electron chi connectivity index (χ4n) is 2.85. The van der Waals surface area contributed by atoms with Gasteiger partial charge in [-0.3, -0.25) is 4.79 Å². The van der Waals surface area contributed by atoms with E-state index in [-0.39, 0.29) is 11.7 Å². The maximum Gasteiger partial charge on any atom is 0.291 e. The van der Waals surface area contributed by atoms with Gasteiger partial charge in [0.05, 0.1) is 24.8 Å². The first-order chi connectivity index (χ1) is 12.7. The van der Waals surface area contributed by atoms with Crippen LogP contribution in [0.1, 0.15) is 16.1 Å². The summed E-state index contributed by atoms with van der Waals surface area (Å²) in [5.74, 6) is 0.464. The summed E-state index contributed by atoms with van der Waals surface area (Å²) in [7, 11) is 1.56. The van der Waals surface area contributed by atoms with Gasteiger partial charge in [-0.2, -0.15) is 0 Å². The van der Waals surface area contributed by atoms with Crippen molar-refractivity contribution in [2.24, 2.45) is 0 Å². The van der Waals surface area contributed by atoms with Crippen molar-refractivity contribution in [3.05, 3.63) is 72.4 Å². The zero-order valence-electron chi connectivity index (χ0n) is 14.4. The van der Waals surface area contributed by atoms with Crippen molar-refractivity contribution in [1.29, 1.82) is 0 Å². The molecule has 1 aromatic carbocycles. The van der Waals surface area contributed by atoms with E-state index in [9.17, 15) is 4.79 Å². The number of aryl methyl sites for hydroxylation is 1. The van der Waals surface area contributed by atoms with E-state index in [0.717, 1.165) is 22.5 Å². The summed E-state index contributed by atoms with van der Waals surface area (Å²) in [6.07, 6.45) is 5.38. The molecule has 0 atom stereocenters. The Hall–Kier alpha value is -3.54. The third-order valence-electron chi connectivity index (χ3n) is 4.17. The van der Waals surface area contributed by atoms with Crippen molar-refractivity contribution in [2.75, 3.05) is 12.4 Å². The number of hydrogen-bond acceptors (Lipinski definition) is 4. The van der Waals surface area contributed by atoms with E-state index in [0.29, 0.717) is 11.4 Å². The zero-order chi connectivity index (χ0) is 18.1.